The van der Waals surface area contributed by atoms with E-state index in [2.05, 4.69) is 31.6 Å². The van der Waals surface area contributed by atoms with Crippen LogP contribution >= 0.6 is 0 Å². The van der Waals surface area contributed by atoms with Crippen LogP contribution in [-0.4, -0.2) is 107 Å². The van der Waals surface area contributed by atoms with Crippen molar-refractivity contribution >= 4 is 53.1 Å². The lowest BCUT2D eigenvalue weighted by Gasteiger charge is -2.29. The number of hydrogen-bond donors (Lipinski definition) is 8. The number of Topliss-reactive ketones (excluding diaryl/α,β-unsaturated/α-hetero) is 1. The molecule has 0 bridgehead atoms. The number of benzene rings is 3. The number of aliphatic hydroxyl groups is 1. The molecule has 18 heteroatoms. The number of aliphatic carboxylic acids is 1. The zero-order chi connectivity index (χ0) is 52.0. The average Bonchev–Trinajstić information content (AvgIpc) is 3.63. The Kier molecular flexibility index (Phi) is 19.2. The van der Waals surface area contributed by atoms with Gasteiger partial charge < -0.3 is 47.3 Å². The van der Waals surface area contributed by atoms with Crippen molar-refractivity contribution in [1.29, 1.82) is 0 Å². The average molecular weight is 978 g/mol. The number of carbonyl (C=O) groups is 8. The fourth-order valence-electron chi connectivity index (χ4n) is 8.87. The van der Waals surface area contributed by atoms with Gasteiger partial charge in [0.1, 0.15) is 42.6 Å². The number of unbranched alkanes of at least 4 members (excludes halogenated alkanes) is 1. The summed E-state index contributed by atoms with van der Waals surface area (Å²) in [6, 6.07) is 18.0. The van der Waals surface area contributed by atoms with Crippen LogP contribution in [0.3, 0.4) is 0 Å². The van der Waals surface area contributed by atoms with Gasteiger partial charge in [0.25, 0.3) is 0 Å². The highest BCUT2D eigenvalue weighted by atomic mass is 16.5. The van der Waals surface area contributed by atoms with Gasteiger partial charge in [0.2, 0.25) is 29.5 Å². The van der Waals surface area contributed by atoms with Gasteiger partial charge in [0, 0.05) is 43.9 Å². The molecule has 0 saturated heterocycles. The summed E-state index contributed by atoms with van der Waals surface area (Å²) in [6.07, 6.45) is 0.0870. The lowest BCUT2D eigenvalue weighted by atomic mass is 9.76. The fourth-order valence-corrected chi connectivity index (χ4v) is 8.87. The molecule has 3 aromatic rings. The van der Waals surface area contributed by atoms with Crippen LogP contribution in [0.4, 0.5) is 4.79 Å². The van der Waals surface area contributed by atoms with E-state index in [0.29, 0.717) is 30.5 Å². The summed E-state index contributed by atoms with van der Waals surface area (Å²) in [6.45, 7) is 10.4. The molecule has 0 saturated carbocycles. The van der Waals surface area contributed by atoms with E-state index in [-0.39, 0.29) is 73.7 Å². The molecular formula is C53H67N7O11. The minimum absolute atomic E-state index is 0.00899. The van der Waals surface area contributed by atoms with Crippen LogP contribution in [0.15, 0.2) is 95.2 Å². The van der Waals surface area contributed by atoms with E-state index < -0.39 is 77.7 Å². The molecule has 2 aliphatic rings. The van der Waals surface area contributed by atoms with E-state index >= 15 is 0 Å². The number of alkyl carbamates (subject to hydrolysis) is 1. The van der Waals surface area contributed by atoms with E-state index in [1.54, 1.807) is 51.1 Å². The molecule has 2 aliphatic carbocycles. The Bertz CT molecular complexity index is 2480. The van der Waals surface area contributed by atoms with Gasteiger partial charge >= 0.3 is 12.1 Å². The number of nitrogens with zero attached hydrogens (tertiary/aromatic N) is 1. The van der Waals surface area contributed by atoms with Crippen LogP contribution in [0.25, 0.3) is 11.1 Å². The first-order valence-electron chi connectivity index (χ1n) is 24.0. The molecule has 0 aliphatic heterocycles. The van der Waals surface area contributed by atoms with Gasteiger partial charge in [-0.15, -0.1) is 0 Å². The monoisotopic (exact) mass is 977 g/mol. The number of carbonyl (C=O) groups excluding carboxylic acids is 7. The molecule has 0 fully saturated rings. The highest BCUT2D eigenvalue weighted by Gasteiger charge is 2.36. The first kappa shape index (κ1) is 54.6. The Morgan fingerprint density at radius 3 is 1.92 bits per heavy atom. The number of ether oxygens (including phenoxy) is 1. The lowest BCUT2D eigenvalue weighted by Crippen LogP contribution is -2.59. The molecule has 0 radical (unpaired) electrons. The Balaban J connectivity index is 1.28. The van der Waals surface area contributed by atoms with E-state index in [9.17, 15) is 48.6 Å². The number of amides is 6. The molecule has 0 spiro atoms. The molecule has 0 heterocycles. The van der Waals surface area contributed by atoms with Crippen molar-refractivity contribution in [2.45, 2.75) is 129 Å². The molecule has 380 valence electrons. The van der Waals surface area contributed by atoms with E-state index in [0.717, 1.165) is 22.3 Å². The highest BCUT2D eigenvalue weighted by molar-refractivity contribution is 6.22. The Labute approximate surface area is 414 Å². The van der Waals surface area contributed by atoms with Gasteiger partial charge in [-0.1, -0.05) is 107 Å². The number of fused-ring (bicyclic) bond motifs is 3. The van der Waals surface area contributed by atoms with Crippen molar-refractivity contribution < 1.29 is 53.3 Å². The second-order valence-electron chi connectivity index (χ2n) is 19.4. The minimum Gasteiger partial charge on any atom is -0.511 e. The van der Waals surface area contributed by atoms with Gasteiger partial charge in [0.15, 0.2) is 5.78 Å². The van der Waals surface area contributed by atoms with E-state index in [4.69, 9.17) is 10.5 Å². The Morgan fingerprint density at radius 2 is 1.32 bits per heavy atom. The van der Waals surface area contributed by atoms with Crippen LogP contribution < -0.4 is 32.3 Å². The Morgan fingerprint density at radius 1 is 0.732 bits per heavy atom. The maximum Gasteiger partial charge on any atom is 0.407 e. The number of nitrogens with two attached hydrogens (primary N) is 1. The number of nitrogens with one attached hydrogen (secondary N) is 5. The second-order valence-corrected chi connectivity index (χ2v) is 19.4. The van der Waals surface area contributed by atoms with Gasteiger partial charge in [-0.05, 0) is 78.7 Å². The third-order valence-corrected chi connectivity index (χ3v) is 12.6. The summed E-state index contributed by atoms with van der Waals surface area (Å²) in [7, 11) is 0. The number of carboxylic acids is 1. The van der Waals surface area contributed by atoms with Crippen LogP contribution in [0.5, 0.6) is 0 Å². The molecule has 0 aromatic heterocycles. The zero-order valence-corrected chi connectivity index (χ0v) is 41.2. The molecule has 5 atom stereocenters. The molecule has 9 N–H and O–H groups in total. The summed E-state index contributed by atoms with van der Waals surface area (Å²) in [5.74, 6) is -6.18. The number of ketones is 1. The predicted octanol–water partition coefficient (Wildman–Crippen LogP) is 4.93. The minimum atomic E-state index is -1.46. The van der Waals surface area contributed by atoms with Gasteiger partial charge in [-0.3, -0.25) is 33.8 Å². The van der Waals surface area contributed by atoms with Crippen LogP contribution in [0, 0.1) is 11.3 Å². The molecule has 71 heavy (non-hydrogen) atoms. The normalized spacial score (nSPS) is 16.3. The van der Waals surface area contributed by atoms with Crippen molar-refractivity contribution in [2.24, 2.45) is 22.1 Å². The number of aliphatic hydroxyl groups excluding tert-OH is 1. The van der Waals surface area contributed by atoms with Crippen molar-refractivity contribution in [1.82, 2.24) is 26.6 Å². The van der Waals surface area contributed by atoms with Gasteiger partial charge in [-0.2, -0.15) is 0 Å². The number of primary amides is 1. The third kappa shape index (κ3) is 15.3. The van der Waals surface area contributed by atoms with Crippen LogP contribution in [-0.2, 0) is 44.7 Å². The fraction of sp³-hybridized carbons (Fsp3) is 0.453. The van der Waals surface area contributed by atoms with E-state index in [1.165, 1.54) is 6.92 Å². The first-order valence-corrected chi connectivity index (χ1v) is 24.0. The first-order chi connectivity index (χ1) is 33.6. The largest absolute Gasteiger partial charge is 0.511 e. The quantitative estimate of drug-likeness (QED) is 0.0440. The van der Waals surface area contributed by atoms with Crippen molar-refractivity contribution in [2.75, 3.05) is 13.2 Å². The molecule has 18 nitrogen and oxygen atoms in total. The third-order valence-electron chi connectivity index (χ3n) is 12.6. The van der Waals surface area contributed by atoms with Crippen molar-refractivity contribution in [3.05, 3.63) is 107 Å². The highest BCUT2D eigenvalue weighted by Crippen LogP contribution is 2.44. The number of carboxylic acid groups (broad SMARTS) is 1. The van der Waals surface area contributed by atoms with Crippen molar-refractivity contribution in [3.63, 3.8) is 0 Å². The SMILES string of the molecule is CC(=NCCCC[C@H](NC(=O)OCC1c2ccccc2-c2ccccc21)C(=O)N[C@@H](C)C(=O)N[C@@H](Cc1ccccc1)C(=O)N[C@H](C(=O)N[C@@H](CCC(N)=O)C(=O)O)C(C)C)C1=C(O)CC(C)(C)CC1=O. The smallest absolute Gasteiger partial charge is 0.407 e. The molecule has 5 rings (SSSR count). The van der Waals surface area contributed by atoms with Crippen molar-refractivity contribution in [3.8, 4) is 11.1 Å². The second kappa shape index (κ2) is 25.0. The standard InChI is InChI=1S/C53H67N7O11/c1-30(2)46(50(67)57-40(51(68)69)23-24-44(54)63)60-49(66)41(26-33-16-8-7-9-17-33)58-47(64)32(4)56-48(65)39(22-14-15-25-55-31(3)45-42(61)27-53(5,6)28-43(45)62)59-52(70)71-29-38-36-20-12-10-18-34(36)35-19-11-13-21-37(35)38/h7-13,16-21,30,32,38-41,46,61H,14-15,22-29H2,1-6H3,(H2,54,63)(H,56,65)(H,57,67)(H,58,64)(H,59,70)(H,60,66)(H,68,69)/t32-,39-,40-,41-,46-/m0/s1. The molecule has 3 aromatic carbocycles. The van der Waals surface area contributed by atoms with Gasteiger partial charge in [0.05, 0.1) is 5.57 Å². The number of allylic oxidation sites excluding steroid dienone is 2. The maximum atomic E-state index is 14.1. The molecular weight excluding hydrogens is 911 g/mol. The van der Waals surface area contributed by atoms with Crippen LogP contribution in [0.1, 0.15) is 109 Å². The van der Waals surface area contributed by atoms with Gasteiger partial charge in [-0.25, -0.2) is 9.59 Å². The Hall–Kier alpha value is -7.37. The summed E-state index contributed by atoms with van der Waals surface area (Å²) in [4.78, 5) is 110. The topological polar surface area (TPSA) is 285 Å². The summed E-state index contributed by atoms with van der Waals surface area (Å²) in [5, 5.41) is 33.4. The molecule has 6 amide bonds. The predicted molar refractivity (Wildman–Crippen MR) is 266 cm³/mol. The summed E-state index contributed by atoms with van der Waals surface area (Å²) >= 11 is 0. The lowest BCUT2D eigenvalue weighted by molar-refractivity contribution is -0.143. The number of aliphatic imine (C=N–C) groups is 1. The van der Waals surface area contributed by atoms with Crippen LogP contribution in [0.2, 0.25) is 0 Å². The number of hydrogen-bond acceptors (Lipinski definition) is 11. The molecule has 0 unspecified atom stereocenters. The maximum absolute atomic E-state index is 14.1. The van der Waals surface area contributed by atoms with E-state index in [1.807, 2.05) is 62.4 Å². The summed E-state index contributed by atoms with van der Waals surface area (Å²) < 4.78 is 5.78. The number of rotatable bonds is 24. The summed E-state index contributed by atoms with van der Waals surface area (Å²) in [5.41, 5.74) is 10.2. The zero-order valence-electron chi connectivity index (χ0n) is 41.2.